The summed E-state index contributed by atoms with van der Waals surface area (Å²) in [4.78, 5) is 26.9. The van der Waals surface area contributed by atoms with Gasteiger partial charge < -0.3 is 10.2 Å². The molecule has 0 unspecified atom stereocenters. The second-order valence-electron chi connectivity index (χ2n) is 6.47. The van der Waals surface area contributed by atoms with E-state index in [1.54, 1.807) is 31.4 Å². The summed E-state index contributed by atoms with van der Waals surface area (Å²) in [6.45, 7) is 4.84. The third kappa shape index (κ3) is 3.79. The normalized spacial score (nSPS) is 10.8. The molecule has 0 saturated carbocycles. The van der Waals surface area contributed by atoms with E-state index in [0.717, 1.165) is 39.8 Å². The van der Waals surface area contributed by atoms with Gasteiger partial charge in [-0.2, -0.15) is 0 Å². The molecule has 3 aromatic rings. The van der Waals surface area contributed by atoms with Crippen LogP contribution in [0.5, 0.6) is 0 Å². The van der Waals surface area contributed by atoms with Crippen molar-refractivity contribution in [2.45, 2.75) is 20.3 Å². The van der Waals surface area contributed by atoms with Gasteiger partial charge in [0.2, 0.25) is 11.9 Å². The smallest absolute Gasteiger partial charge is 0.226 e. The highest BCUT2D eigenvalue weighted by molar-refractivity contribution is 5.87. The highest BCUT2D eigenvalue weighted by atomic mass is 16.2. The maximum Gasteiger partial charge on any atom is 0.226 e. The molecule has 0 atom stereocenters. The highest BCUT2D eigenvalue weighted by Crippen LogP contribution is 2.25. The van der Waals surface area contributed by atoms with Gasteiger partial charge in [0.15, 0.2) is 0 Å². The van der Waals surface area contributed by atoms with E-state index >= 15 is 0 Å². The minimum atomic E-state index is 0.0875. The molecular formula is C20H23N5O. The number of likely N-dealkylation sites (N-methyl/N-ethyl adjacent to an activating group) is 1. The first-order valence-electron chi connectivity index (χ1n) is 8.64. The number of anilines is 1. The van der Waals surface area contributed by atoms with Crippen molar-refractivity contribution in [1.82, 2.24) is 19.9 Å². The highest BCUT2D eigenvalue weighted by Gasteiger charge is 2.10. The van der Waals surface area contributed by atoms with E-state index in [0.29, 0.717) is 12.4 Å². The van der Waals surface area contributed by atoms with Gasteiger partial charge in [-0.1, -0.05) is 6.07 Å². The third-order valence-electron chi connectivity index (χ3n) is 4.22. The van der Waals surface area contributed by atoms with Crippen LogP contribution in [0.15, 0.2) is 36.7 Å². The maximum absolute atomic E-state index is 11.9. The molecule has 0 spiro atoms. The SMILES string of the molecule is CCNc1ncc(-c2cc(C)c3cc(CC(=O)N(C)C)ccc3n2)cn1. The standard InChI is InChI=1S/C20H23N5O/c1-5-21-20-22-11-15(12-23-20)18-8-13(2)16-9-14(6-7-17(16)24-18)10-19(26)25(3)4/h6-9,11-12H,5,10H2,1-4H3,(H,21,22,23). The number of aryl methyl sites for hydroxylation is 1. The number of nitrogens with zero attached hydrogens (tertiary/aromatic N) is 4. The second kappa shape index (κ2) is 7.47. The lowest BCUT2D eigenvalue weighted by Crippen LogP contribution is -2.23. The van der Waals surface area contributed by atoms with Crippen LogP contribution in [0.3, 0.4) is 0 Å². The zero-order chi connectivity index (χ0) is 18.7. The lowest BCUT2D eigenvalue weighted by atomic mass is 10.0. The molecule has 0 aliphatic carbocycles. The summed E-state index contributed by atoms with van der Waals surface area (Å²) in [5.74, 6) is 0.702. The Morgan fingerprint density at radius 3 is 2.54 bits per heavy atom. The van der Waals surface area contributed by atoms with Gasteiger partial charge in [0.1, 0.15) is 0 Å². The van der Waals surface area contributed by atoms with Crippen LogP contribution in [0, 0.1) is 6.92 Å². The Morgan fingerprint density at radius 1 is 1.15 bits per heavy atom. The monoisotopic (exact) mass is 349 g/mol. The molecule has 0 radical (unpaired) electrons. The first-order chi connectivity index (χ1) is 12.5. The summed E-state index contributed by atoms with van der Waals surface area (Å²) >= 11 is 0. The van der Waals surface area contributed by atoms with Crippen LogP contribution in [0.1, 0.15) is 18.1 Å². The number of aromatic nitrogens is 3. The molecule has 6 nitrogen and oxygen atoms in total. The van der Waals surface area contributed by atoms with Gasteiger partial charge in [0.05, 0.1) is 17.6 Å². The average molecular weight is 349 g/mol. The molecule has 0 bridgehead atoms. The molecule has 0 aliphatic heterocycles. The molecular weight excluding hydrogens is 326 g/mol. The predicted octanol–water partition coefficient (Wildman–Crippen LogP) is 3.06. The van der Waals surface area contributed by atoms with Gasteiger partial charge in [-0.3, -0.25) is 4.79 Å². The topological polar surface area (TPSA) is 71.0 Å². The number of hydrogen-bond donors (Lipinski definition) is 1. The summed E-state index contributed by atoms with van der Waals surface area (Å²) in [6.07, 6.45) is 3.95. The van der Waals surface area contributed by atoms with Crippen LogP contribution in [-0.2, 0) is 11.2 Å². The predicted molar refractivity (Wildman–Crippen MR) is 104 cm³/mol. The fourth-order valence-electron chi connectivity index (χ4n) is 2.74. The number of amides is 1. The van der Waals surface area contributed by atoms with Crippen LogP contribution in [0.25, 0.3) is 22.2 Å². The first-order valence-corrected chi connectivity index (χ1v) is 8.64. The van der Waals surface area contributed by atoms with Crippen LogP contribution >= 0.6 is 0 Å². The molecule has 1 N–H and O–H groups in total. The Bertz CT molecular complexity index is 935. The van der Waals surface area contributed by atoms with Gasteiger partial charge in [0.25, 0.3) is 0 Å². The Kier molecular flexibility index (Phi) is 5.11. The Balaban J connectivity index is 1.94. The van der Waals surface area contributed by atoms with Crippen molar-refractivity contribution in [3.8, 4) is 11.3 Å². The zero-order valence-corrected chi connectivity index (χ0v) is 15.6. The average Bonchev–Trinajstić information content (AvgIpc) is 2.63. The van der Waals surface area contributed by atoms with E-state index in [-0.39, 0.29) is 5.91 Å². The number of nitrogens with one attached hydrogen (secondary N) is 1. The third-order valence-corrected chi connectivity index (χ3v) is 4.22. The van der Waals surface area contributed by atoms with E-state index < -0.39 is 0 Å². The molecule has 26 heavy (non-hydrogen) atoms. The van der Waals surface area contributed by atoms with E-state index in [1.807, 2.05) is 31.2 Å². The van der Waals surface area contributed by atoms with E-state index in [9.17, 15) is 4.79 Å². The number of carbonyl (C=O) groups is 1. The number of fused-ring (bicyclic) bond motifs is 1. The molecule has 1 amide bonds. The largest absolute Gasteiger partial charge is 0.355 e. The molecule has 0 fully saturated rings. The fourth-order valence-corrected chi connectivity index (χ4v) is 2.74. The number of benzene rings is 1. The number of hydrogen-bond acceptors (Lipinski definition) is 5. The Labute approximate surface area is 153 Å². The van der Waals surface area contributed by atoms with Gasteiger partial charge >= 0.3 is 0 Å². The number of rotatable bonds is 5. The molecule has 2 aromatic heterocycles. The van der Waals surface area contributed by atoms with Gasteiger partial charge in [-0.15, -0.1) is 0 Å². The second-order valence-corrected chi connectivity index (χ2v) is 6.47. The van der Waals surface area contributed by atoms with Crippen molar-refractivity contribution in [1.29, 1.82) is 0 Å². The van der Waals surface area contributed by atoms with E-state index in [1.165, 1.54) is 0 Å². The Morgan fingerprint density at radius 2 is 1.88 bits per heavy atom. The van der Waals surface area contributed by atoms with Gasteiger partial charge in [-0.25, -0.2) is 15.0 Å². The van der Waals surface area contributed by atoms with Crippen LogP contribution in [0.4, 0.5) is 5.95 Å². The van der Waals surface area contributed by atoms with Crippen molar-refractivity contribution >= 4 is 22.8 Å². The summed E-state index contributed by atoms with van der Waals surface area (Å²) in [6, 6.07) is 8.02. The summed E-state index contributed by atoms with van der Waals surface area (Å²) in [5.41, 5.74) is 4.72. The van der Waals surface area contributed by atoms with E-state index in [2.05, 4.69) is 22.2 Å². The van der Waals surface area contributed by atoms with Crippen LogP contribution < -0.4 is 5.32 Å². The molecule has 6 heteroatoms. The Hall–Kier alpha value is -3.02. The summed E-state index contributed by atoms with van der Waals surface area (Å²) < 4.78 is 0. The summed E-state index contributed by atoms with van der Waals surface area (Å²) in [7, 11) is 3.54. The summed E-state index contributed by atoms with van der Waals surface area (Å²) in [5, 5.41) is 4.14. The van der Waals surface area contributed by atoms with Crippen LogP contribution in [-0.4, -0.2) is 46.4 Å². The molecule has 134 valence electrons. The molecule has 2 heterocycles. The lowest BCUT2D eigenvalue weighted by Gasteiger charge is -2.12. The van der Waals surface area contributed by atoms with Crippen molar-refractivity contribution in [2.24, 2.45) is 0 Å². The zero-order valence-electron chi connectivity index (χ0n) is 15.6. The quantitative estimate of drug-likeness (QED) is 0.766. The van der Waals surface area contributed by atoms with Crippen molar-refractivity contribution in [2.75, 3.05) is 26.0 Å². The molecule has 0 aliphatic rings. The van der Waals surface area contributed by atoms with Gasteiger partial charge in [0, 0.05) is 44.0 Å². The van der Waals surface area contributed by atoms with Crippen molar-refractivity contribution in [3.05, 3.63) is 47.8 Å². The van der Waals surface area contributed by atoms with Gasteiger partial charge in [-0.05, 0) is 43.2 Å². The van der Waals surface area contributed by atoms with Crippen molar-refractivity contribution in [3.63, 3.8) is 0 Å². The molecule has 0 saturated heterocycles. The van der Waals surface area contributed by atoms with Crippen molar-refractivity contribution < 1.29 is 4.79 Å². The first kappa shape index (κ1) is 17.8. The maximum atomic E-state index is 11.9. The minimum absolute atomic E-state index is 0.0875. The number of pyridine rings is 1. The lowest BCUT2D eigenvalue weighted by molar-refractivity contribution is -0.127. The minimum Gasteiger partial charge on any atom is -0.355 e. The number of carbonyl (C=O) groups excluding carboxylic acids is 1. The molecule has 3 rings (SSSR count). The van der Waals surface area contributed by atoms with E-state index in [4.69, 9.17) is 4.98 Å². The fraction of sp³-hybridized carbons (Fsp3) is 0.300. The van der Waals surface area contributed by atoms with Crippen LogP contribution in [0.2, 0.25) is 0 Å². The molecule has 1 aromatic carbocycles.